The number of methoxy groups -OCH3 is 1. The van der Waals surface area contributed by atoms with Gasteiger partial charge >= 0.3 is 0 Å². The standard InChI is InChI=1S/C17H18N4O2/c1-12-18-17-15(4-3-11-21(17)20-12)19-16(22)10-7-13-5-8-14(23-2)9-6-13/h3-6,8-9,11H,7,10H2,1-2H3,(H,19,22). The van der Waals surface area contributed by atoms with Crippen LogP contribution in [0.5, 0.6) is 5.75 Å². The minimum absolute atomic E-state index is 0.0467. The first kappa shape index (κ1) is 15.0. The van der Waals surface area contributed by atoms with Crippen molar-refractivity contribution in [2.75, 3.05) is 12.4 Å². The van der Waals surface area contributed by atoms with Crippen LogP contribution in [0.25, 0.3) is 5.65 Å². The van der Waals surface area contributed by atoms with Gasteiger partial charge in [-0.25, -0.2) is 9.50 Å². The van der Waals surface area contributed by atoms with Crippen molar-refractivity contribution in [1.29, 1.82) is 0 Å². The maximum atomic E-state index is 12.2. The van der Waals surface area contributed by atoms with Crippen LogP contribution >= 0.6 is 0 Å². The van der Waals surface area contributed by atoms with E-state index in [-0.39, 0.29) is 5.91 Å². The normalized spacial score (nSPS) is 10.7. The van der Waals surface area contributed by atoms with Gasteiger partial charge in [0.1, 0.15) is 11.6 Å². The Morgan fingerprint density at radius 1 is 1.26 bits per heavy atom. The maximum absolute atomic E-state index is 12.2. The predicted molar refractivity (Wildman–Crippen MR) is 87.7 cm³/mol. The lowest BCUT2D eigenvalue weighted by atomic mass is 10.1. The fourth-order valence-corrected chi connectivity index (χ4v) is 2.37. The molecule has 0 bridgehead atoms. The van der Waals surface area contributed by atoms with Gasteiger partial charge in [0.15, 0.2) is 5.65 Å². The van der Waals surface area contributed by atoms with E-state index in [1.54, 1.807) is 11.6 Å². The highest BCUT2D eigenvalue weighted by molar-refractivity contribution is 5.94. The molecule has 0 saturated carbocycles. The summed E-state index contributed by atoms with van der Waals surface area (Å²) in [4.78, 5) is 16.5. The van der Waals surface area contributed by atoms with Gasteiger partial charge in [0.2, 0.25) is 5.91 Å². The third kappa shape index (κ3) is 3.48. The van der Waals surface area contributed by atoms with Gasteiger partial charge in [-0.05, 0) is 43.2 Å². The molecule has 1 aromatic carbocycles. The summed E-state index contributed by atoms with van der Waals surface area (Å²) in [5.41, 5.74) is 2.42. The van der Waals surface area contributed by atoms with Gasteiger partial charge in [0.05, 0.1) is 12.8 Å². The van der Waals surface area contributed by atoms with Gasteiger partial charge in [-0.15, -0.1) is 0 Å². The summed E-state index contributed by atoms with van der Waals surface area (Å²) in [6.45, 7) is 1.82. The second-order valence-electron chi connectivity index (χ2n) is 5.25. The van der Waals surface area contributed by atoms with Crippen LogP contribution in [-0.4, -0.2) is 27.6 Å². The predicted octanol–water partition coefficient (Wildman–Crippen LogP) is 2.62. The van der Waals surface area contributed by atoms with Gasteiger partial charge in [-0.2, -0.15) is 5.10 Å². The molecule has 1 N–H and O–H groups in total. The Hall–Kier alpha value is -2.89. The Bertz CT molecular complexity index is 824. The van der Waals surface area contributed by atoms with Crippen LogP contribution in [0.15, 0.2) is 42.6 Å². The van der Waals surface area contributed by atoms with Crippen LogP contribution in [0.3, 0.4) is 0 Å². The first-order chi connectivity index (χ1) is 11.2. The number of rotatable bonds is 5. The van der Waals surface area contributed by atoms with Crippen LogP contribution < -0.4 is 10.1 Å². The van der Waals surface area contributed by atoms with E-state index in [9.17, 15) is 4.79 Å². The minimum atomic E-state index is -0.0467. The highest BCUT2D eigenvalue weighted by Gasteiger charge is 2.09. The monoisotopic (exact) mass is 310 g/mol. The maximum Gasteiger partial charge on any atom is 0.224 e. The SMILES string of the molecule is COc1ccc(CCC(=O)Nc2cccn3nc(C)nc23)cc1. The quantitative estimate of drug-likeness (QED) is 0.786. The number of aromatic nitrogens is 3. The molecule has 0 radical (unpaired) electrons. The average Bonchev–Trinajstić information content (AvgIpc) is 2.95. The van der Waals surface area contributed by atoms with Crippen LogP contribution in [0, 0.1) is 6.92 Å². The number of hydrogen-bond donors (Lipinski definition) is 1. The molecule has 6 heteroatoms. The molecule has 0 aliphatic heterocycles. The van der Waals surface area contributed by atoms with E-state index in [0.717, 1.165) is 11.3 Å². The number of benzene rings is 1. The molecule has 3 rings (SSSR count). The Morgan fingerprint density at radius 2 is 2.04 bits per heavy atom. The summed E-state index contributed by atoms with van der Waals surface area (Å²) in [5.74, 6) is 1.44. The van der Waals surface area contributed by atoms with Crippen molar-refractivity contribution in [3.05, 3.63) is 54.0 Å². The minimum Gasteiger partial charge on any atom is -0.497 e. The average molecular weight is 310 g/mol. The van der Waals surface area contributed by atoms with Crippen molar-refractivity contribution in [3.8, 4) is 5.75 Å². The van der Waals surface area contributed by atoms with Crippen molar-refractivity contribution < 1.29 is 9.53 Å². The molecule has 0 spiro atoms. The van der Waals surface area contributed by atoms with Crippen LogP contribution in [0.4, 0.5) is 5.69 Å². The molecule has 2 aromatic heterocycles. The first-order valence-corrected chi connectivity index (χ1v) is 7.40. The summed E-state index contributed by atoms with van der Waals surface area (Å²) >= 11 is 0. The number of fused-ring (bicyclic) bond motifs is 1. The number of anilines is 1. The highest BCUT2D eigenvalue weighted by atomic mass is 16.5. The van der Waals surface area contributed by atoms with E-state index in [1.807, 2.05) is 49.5 Å². The van der Waals surface area contributed by atoms with Gasteiger partial charge in [0, 0.05) is 12.6 Å². The molecule has 118 valence electrons. The smallest absolute Gasteiger partial charge is 0.224 e. The molecule has 0 aliphatic rings. The number of nitrogens with one attached hydrogen (secondary N) is 1. The lowest BCUT2D eigenvalue weighted by Crippen LogP contribution is -2.13. The van der Waals surface area contributed by atoms with Crippen LogP contribution in [0.2, 0.25) is 0 Å². The van der Waals surface area contributed by atoms with Crippen molar-refractivity contribution >= 4 is 17.2 Å². The van der Waals surface area contributed by atoms with Crippen molar-refractivity contribution in [1.82, 2.24) is 14.6 Å². The molecular formula is C17H18N4O2. The van der Waals surface area contributed by atoms with Crippen LogP contribution in [-0.2, 0) is 11.2 Å². The summed E-state index contributed by atoms with van der Waals surface area (Å²) < 4.78 is 6.78. The molecule has 3 aromatic rings. The van der Waals surface area contributed by atoms with Gasteiger partial charge in [-0.3, -0.25) is 4.79 Å². The zero-order valence-electron chi connectivity index (χ0n) is 13.1. The molecule has 0 unspecified atom stereocenters. The van der Waals surface area contributed by atoms with E-state index in [0.29, 0.717) is 30.0 Å². The topological polar surface area (TPSA) is 68.5 Å². The lowest BCUT2D eigenvalue weighted by molar-refractivity contribution is -0.116. The molecule has 1 amide bonds. The van der Waals surface area contributed by atoms with Crippen molar-refractivity contribution in [3.63, 3.8) is 0 Å². The Labute approximate surface area is 134 Å². The van der Waals surface area contributed by atoms with Crippen LogP contribution in [0.1, 0.15) is 17.8 Å². The van der Waals surface area contributed by atoms with Crippen molar-refractivity contribution in [2.24, 2.45) is 0 Å². The number of carbonyl (C=O) groups is 1. The fourth-order valence-electron chi connectivity index (χ4n) is 2.37. The van der Waals surface area contributed by atoms with E-state index in [2.05, 4.69) is 15.4 Å². The summed E-state index contributed by atoms with van der Waals surface area (Å²) in [7, 11) is 1.63. The molecule has 23 heavy (non-hydrogen) atoms. The highest BCUT2D eigenvalue weighted by Crippen LogP contribution is 2.16. The number of aryl methyl sites for hydroxylation is 2. The molecule has 0 fully saturated rings. The number of nitrogens with zero attached hydrogens (tertiary/aromatic N) is 3. The summed E-state index contributed by atoms with van der Waals surface area (Å²) in [6, 6.07) is 11.4. The number of hydrogen-bond acceptors (Lipinski definition) is 4. The summed E-state index contributed by atoms with van der Waals surface area (Å²) in [5, 5.41) is 7.14. The van der Waals surface area contributed by atoms with E-state index in [1.165, 1.54) is 0 Å². The molecule has 0 aliphatic carbocycles. The molecule has 0 atom stereocenters. The fraction of sp³-hybridized carbons (Fsp3) is 0.235. The second kappa shape index (κ2) is 6.48. The van der Waals surface area contributed by atoms with Gasteiger partial charge in [-0.1, -0.05) is 12.1 Å². The second-order valence-corrected chi connectivity index (χ2v) is 5.25. The van der Waals surface area contributed by atoms with E-state index >= 15 is 0 Å². The molecule has 0 saturated heterocycles. The number of carbonyl (C=O) groups excluding carboxylic acids is 1. The first-order valence-electron chi connectivity index (χ1n) is 7.40. The third-order valence-electron chi connectivity index (χ3n) is 3.54. The largest absolute Gasteiger partial charge is 0.497 e. The Morgan fingerprint density at radius 3 is 2.78 bits per heavy atom. The number of amides is 1. The summed E-state index contributed by atoms with van der Waals surface area (Å²) in [6.07, 6.45) is 2.88. The molecule has 6 nitrogen and oxygen atoms in total. The van der Waals surface area contributed by atoms with Gasteiger partial charge < -0.3 is 10.1 Å². The van der Waals surface area contributed by atoms with E-state index in [4.69, 9.17) is 4.74 Å². The number of ether oxygens (including phenoxy) is 1. The Kier molecular flexibility index (Phi) is 4.23. The van der Waals surface area contributed by atoms with Crippen molar-refractivity contribution in [2.45, 2.75) is 19.8 Å². The molecular weight excluding hydrogens is 292 g/mol. The number of pyridine rings is 1. The lowest BCUT2D eigenvalue weighted by Gasteiger charge is -2.06. The van der Waals surface area contributed by atoms with E-state index < -0.39 is 0 Å². The molecule has 2 heterocycles. The zero-order valence-corrected chi connectivity index (χ0v) is 13.1. The third-order valence-corrected chi connectivity index (χ3v) is 3.54. The zero-order chi connectivity index (χ0) is 16.2. The van der Waals surface area contributed by atoms with Gasteiger partial charge in [0.25, 0.3) is 0 Å². The Balaban J connectivity index is 1.64.